The third-order valence-corrected chi connectivity index (χ3v) is 4.93. The summed E-state index contributed by atoms with van der Waals surface area (Å²) in [6, 6.07) is 20.6. The first-order valence-corrected chi connectivity index (χ1v) is 7.39. The van der Waals surface area contributed by atoms with Crippen LogP contribution in [0.2, 0.25) is 0 Å². The third-order valence-electron chi connectivity index (χ3n) is 2.74. The number of benzene rings is 2. The van der Waals surface area contributed by atoms with Crippen LogP contribution in [0.25, 0.3) is 0 Å². The molecule has 4 heteroatoms. The van der Waals surface area contributed by atoms with Crippen LogP contribution in [-0.2, 0) is 0 Å². The number of aryl methyl sites for hydroxylation is 1. The fraction of sp³-hybridized carbons (Fsp3) is 0.0667. The maximum absolute atomic E-state index is 5.66. The minimum atomic E-state index is -0.765. The molecule has 0 atom stereocenters. The van der Waals surface area contributed by atoms with Gasteiger partial charge in [0.2, 0.25) is 11.5 Å². The number of hydrogen-bond acceptors (Lipinski definition) is 3. The molecule has 3 nitrogen and oxygen atoms in total. The van der Waals surface area contributed by atoms with Crippen LogP contribution in [0.1, 0.15) is 5.89 Å². The number of hydrogen-bond donors (Lipinski definition) is 0. The first-order valence-electron chi connectivity index (χ1n) is 6.05. The molecule has 0 aliphatic carbocycles. The normalized spacial score (nSPS) is 10.8. The van der Waals surface area contributed by atoms with E-state index in [1.807, 2.05) is 43.3 Å². The Morgan fingerprint density at radius 1 is 0.789 bits per heavy atom. The van der Waals surface area contributed by atoms with Gasteiger partial charge in [-0.05, 0) is 10.6 Å². The Bertz CT molecular complexity index is 613. The standard InChI is InChI=1S/C15H13N2OP/c1-12-16-17-15(18-12)19(13-8-4-2-5-9-13)14-10-6-3-7-11-14/h2-11H,1H3. The van der Waals surface area contributed by atoms with E-state index in [2.05, 4.69) is 34.5 Å². The van der Waals surface area contributed by atoms with Gasteiger partial charge < -0.3 is 4.42 Å². The molecule has 0 unspecified atom stereocenters. The lowest BCUT2D eigenvalue weighted by Gasteiger charge is -2.13. The zero-order valence-electron chi connectivity index (χ0n) is 10.5. The lowest BCUT2D eigenvalue weighted by Crippen LogP contribution is -2.21. The van der Waals surface area contributed by atoms with Crippen LogP contribution in [0.15, 0.2) is 65.1 Å². The molecule has 0 amide bonds. The van der Waals surface area contributed by atoms with Gasteiger partial charge in [-0.1, -0.05) is 60.7 Å². The van der Waals surface area contributed by atoms with Gasteiger partial charge in [0, 0.05) is 14.8 Å². The van der Waals surface area contributed by atoms with Crippen molar-refractivity contribution >= 4 is 24.2 Å². The Kier molecular flexibility index (Phi) is 3.39. The van der Waals surface area contributed by atoms with E-state index in [1.54, 1.807) is 0 Å². The van der Waals surface area contributed by atoms with E-state index in [-0.39, 0.29) is 0 Å². The van der Waals surface area contributed by atoms with Gasteiger partial charge in [0.25, 0.3) is 0 Å². The summed E-state index contributed by atoms with van der Waals surface area (Å²) in [5.74, 6) is 0.606. The minimum absolute atomic E-state index is 0.606. The highest BCUT2D eigenvalue weighted by atomic mass is 31.1. The van der Waals surface area contributed by atoms with E-state index in [0.29, 0.717) is 11.5 Å². The quantitative estimate of drug-likeness (QED) is 0.683. The zero-order chi connectivity index (χ0) is 13.1. The molecule has 1 heterocycles. The summed E-state index contributed by atoms with van der Waals surface area (Å²) in [4.78, 5) is 0. The van der Waals surface area contributed by atoms with Crippen molar-refractivity contribution in [3.05, 3.63) is 66.6 Å². The van der Waals surface area contributed by atoms with Crippen LogP contribution in [0.4, 0.5) is 0 Å². The predicted molar refractivity (Wildman–Crippen MR) is 77.7 cm³/mol. The monoisotopic (exact) mass is 268 g/mol. The largest absolute Gasteiger partial charge is 0.421 e. The Labute approximate surface area is 113 Å². The summed E-state index contributed by atoms with van der Waals surface area (Å²) in [6.45, 7) is 1.82. The minimum Gasteiger partial charge on any atom is -0.421 e. The van der Waals surface area contributed by atoms with Gasteiger partial charge in [0.05, 0.1) is 0 Å². The summed E-state index contributed by atoms with van der Waals surface area (Å²) < 4.78 is 5.66. The van der Waals surface area contributed by atoms with E-state index >= 15 is 0 Å². The van der Waals surface area contributed by atoms with Gasteiger partial charge >= 0.3 is 0 Å². The van der Waals surface area contributed by atoms with Gasteiger partial charge in [-0.15, -0.1) is 10.2 Å². The summed E-state index contributed by atoms with van der Waals surface area (Å²) in [7, 11) is -0.765. The van der Waals surface area contributed by atoms with Crippen molar-refractivity contribution in [2.75, 3.05) is 0 Å². The maximum Gasteiger partial charge on any atom is 0.246 e. The van der Waals surface area contributed by atoms with Crippen molar-refractivity contribution in [2.24, 2.45) is 0 Å². The topological polar surface area (TPSA) is 38.9 Å². The number of aromatic nitrogens is 2. The highest BCUT2D eigenvalue weighted by Gasteiger charge is 2.21. The van der Waals surface area contributed by atoms with Crippen molar-refractivity contribution < 1.29 is 4.42 Å². The van der Waals surface area contributed by atoms with E-state index in [1.165, 1.54) is 10.6 Å². The van der Waals surface area contributed by atoms with Crippen LogP contribution >= 0.6 is 7.92 Å². The molecule has 0 fully saturated rings. The van der Waals surface area contributed by atoms with E-state index in [9.17, 15) is 0 Å². The summed E-state index contributed by atoms with van der Waals surface area (Å²) in [5.41, 5.74) is 0.699. The molecule has 0 aliphatic heterocycles. The Balaban J connectivity index is 2.11. The average molecular weight is 268 g/mol. The second-order valence-corrected chi connectivity index (χ2v) is 6.20. The van der Waals surface area contributed by atoms with Gasteiger partial charge in [0.1, 0.15) is 0 Å². The van der Waals surface area contributed by atoms with Crippen molar-refractivity contribution in [3.63, 3.8) is 0 Å². The Morgan fingerprint density at radius 3 is 1.74 bits per heavy atom. The third kappa shape index (κ3) is 2.56. The van der Waals surface area contributed by atoms with Crippen molar-refractivity contribution in [3.8, 4) is 0 Å². The van der Waals surface area contributed by atoms with Gasteiger partial charge in [-0.3, -0.25) is 0 Å². The first-order chi connectivity index (χ1) is 9.34. The molecule has 0 aliphatic rings. The molecule has 3 aromatic rings. The molecule has 0 bridgehead atoms. The summed E-state index contributed by atoms with van der Waals surface area (Å²) >= 11 is 0. The molecular formula is C15H13N2OP. The summed E-state index contributed by atoms with van der Waals surface area (Å²) in [6.07, 6.45) is 0. The van der Waals surface area contributed by atoms with Crippen LogP contribution in [0.3, 0.4) is 0 Å². The highest BCUT2D eigenvalue weighted by Crippen LogP contribution is 2.31. The lowest BCUT2D eigenvalue weighted by molar-refractivity contribution is 0.550. The van der Waals surface area contributed by atoms with E-state index < -0.39 is 7.92 Å². The van der Waals surface area contributed by atoms with Crippen LogP contribution < -0.4 is 16.2 Å². The number of rotatable bonds is 3. The van der Waals surface area contributed by atoms with Crippen LogP contribution in [-0.4, -0.2) is 10.2 Å². The smallest absolute Gasteiger partial charge is 0.246 e. The maximum atomic E-state index is 5.66. The van der Waals surface area contributed by atoms with Crippen molar-refractivity contribution in [2.45, 2.75) is 6.92 Å². The zero-order valence-corrected chi connectivity index (χ0v) is 11.4. The van der Waals surface area contributed by atoms with Gasteiger partial charge in [-0.25, -0.2) is 0 Å². The Morgan fingerprint density at radius 2 is 1.32 bits per heavy atom. The molecular weight excluding hydrogens is 255 g/mol. The molecule has 2 aromatic carbocycles. The predicted octanol–water partition coefficient (Wildman–Crippen LogP) is 2.14. The fourth-order valence-corrected chi connectivity index (χ4v) is 3.94. The van der Waals surface area contributed by atoms with Crippen LogP contribution in [0.5, 0.6) is 0 Å². The van der Waals surface area contributed by atoms with Crippen LogP contribution in [0, 0.1) is 6.92 Å². The van der Waals surface area contributed by atoms with Crippen molar-refractivity contribution in [1.29, 1.82) is 0 Å². The molecule has 0 saturated heterocycles. The Hall–Kier alpha value is -1.99. The molecule has 0 N–H and O–H groups in total. The molecule has 0 radical (unpaired) electrons. The highest BCUT2D eigenvalue weighted by molar-refractivity contribution is 7.79. The molecule has 0 saturated carbocycles. The second-order valence-electron chi connectivity index (χ2n) is 4.11. The molecule has 0 spiro atoms. The SMILES string of the molecule is Cc1nnc(P(c2ccccc2)c2ccccc2)o1. The fourth-order valence-electron chi connectivity index (χ4n) is 1.90. The van der Waals surface area contributed by atoms with Gasteiger partial charge in [0.15, 0.2) is 0 Å². The first kappa shape index (κ1) is 12.1. The molecule has 1 aromatic heterocycles. The molecule has 19 heavy (non-hydrogen) atoms. The number of nitrogens with zero attached hydrogens (tertiary/aromatic N) is 2. The average Bonchev–Trinajstić information content (AvgIpc) is 2.88. The van der Waals surface area contributed by atoms with E-state index in [0.717, 1.165) is 0 Å². The van der Waals surface area contributed by atoms with E-state index in [4.69, 9.17) is 4.42 Å². The molecule has 3 rings (SSSR count). The molecule has 94 valence electrons. The van der Waals surface area contributed by atoms with Gasteiger partial charge in [-0.2, -0.15) is 0 Å². The summed E-state index contributed by atoms with van der Waals surface area (Å²) in [5, 5.41) is 10.6. The second kappa shape index (κ2) is 5.33. The van der Waals surface area contributed by atoms with Crippen molar-refractivity contribution in [1.82, 2.24) is 10.2 Å². The lowest BCUT2D eigenvalue weighted by atomic mass is 10.4.